The van der Waals surface area contributed by atoms with Gasteiger partial charge in [0.25, 0.3) is 0 Å². The number of carbonyl (C=O) groups excluding carboxylic acids is 1. The molecular formula is C42H38N6O7. The second-order valence-corrected chi connectivity index (χ2v) is 13.1. The topological polar surface area (TPSA) is 162 Å². The normalized spacial score (nSPS) is 17.0. The van der Waals surface area contributed by atoms with Gasteiger partial charge in [-0.05, 0) is 63.9 Å². The monoisotopic (exact) mass is 738 g/mol. The molecule has 13 nitrogen and oxygen atoms in total. The fraction of sp³-hybridized carbons (Fsp3) is 0.190. The van der Waals surface area contributed by atoms with Crippen molar-refractivity contribution in [2.75, 3.05) is 31.5 Å². The summed E-state index contributed by atoms with van der Waals surface area (Å²) >= 11 is 0. The molecule has 5 aromatic carbocycles. The van der Waals surface area contributed by atoms with E-state index < -0.39 is 35.8 Å². The van der Waals surface area contributed by atoms with Crippen molar-refractivity contribution in [1.82, 2.24) is 19.5 Å². The second kappa shape index (κ2) is 15.1. The molecule has 7 aromatic rings. The van der Waals surface area contributed by atoms with Crippen LogP contribution in [0.25, 0.3) is 21.9 Å². The molecule has 0 spiro atoms. The number of hydrogen-bond donors (Lipinski definition) is 4. The van der Waals surface area contributed by atoms with Crippen molar-refractivity contribution in [3.63, 3.8) is 0 Å². The molecule has 55 heavy (non-hydrogen) atoms. The van der Waals surface area contributed by atoms with Crippen LogP contribution < -0.4 is 25.8 Å². The molecule has 1 fully saturated rings. The van der Waals surface area contributed by atoms with Gasteiger partial charge in [-0.2, -0.15) is 0 Å². The number of hydrogen-bond acceptors (Lipinski definition) is 9. The van der Waals surface area contributed by atoms with Crippen molar-refractivity contribution in [3.8, 4) is 11.5 Å². The summed E-state index contributed by atoms with van der Waals surface area (Å²) in [4.78, 5) is 37.9. The molecule has 0 radical (unpaired) electrons. The Kier molecular flexibility index (Phi) is 9.72. The van der Waals surface area contributed by atoms with Gasteiger partial charge in [-0.3, -0.25) is 5.32 Å². The van der Waals surface area contributed by atoms with Gasteiger partial charge in [0.2, 0.25) is 0 Å². The van der Waals surface area contributed by atoms with Crippen molar-refractivity contribution >= 4 is 39.5 Å². The average molecular weight is 739 g/mol. The van der Waals surface area contributed by atoms with E-state index >= 15 is 0 Å². The highest BCUT2D eigenvalue weighted by molar-refractivity contribution is 6.03. The van der Waals surface area contributed by atoms with Gasteiger partial charge in [0.1, 0.15) is 41.3 Å². The molecule has 1 saturated heterocycles. The Morgan fingerprint density at radius 2 is 1.47 bits per heavy atom. The van der Waals surface area contributed by atoms with Crippen LogP contribution in [0.1, 0.15) is 29.3 Å². The molecule has 278 valence electrons. The number of amides is 2. The van der Waals surface area contributed by atoms with E-state index in [1.165, 1.54) is 10.9 Å². The molecule has 13 heteroatoms. The van der Waals surface area contributed by atoms with E-state index in [1.807, 2.05) is 115 Å². The molecule has 1 aliphatic rings. The van der Waals surface area contributed by atoms with Gasteiger partial charge in [0.05, 0.1) is 26.9 Å². The number of urea groups is 1. The third-order valence-corrected chi connectivity index (χ3v) is 9.88. The number of aromatic amines is 1. The zero-order chi connectivity index (χ0) is 37.9. The number of aliphatic hydroxyl groups is 1. The van der Waals surface area contributed by atoms with Gasteiger partial charge in [-0.1, -0.05) is 84.9 Å². The number of nitrogens with zero attached hydrogens (tertiary/aromatic N) is 3. The highest BCUT2D eigenvalue weighted by Gasteiger charge is 2.42. The van der Waals surface area contributed by atoms with Gasteiger partial charge in [0.15, 0.2) is 11.5 Å². The minimum absolute atomic E-state index is 0.0432. The van der Waals surface area contributed by atoms with Crippen molar-refractivity contribution in [2.45, 2.75) is 30.5 Å². The Hall–Kier alpha value is -6.54. The minimum Gasteiger partial charge on any atom is -0.497 e. The molecule has 0 saturated carbocycles. The van der Waals surface area contributed by atoms with E-state index in [0.717, 1.165) is 27.5 Å². The van der Waals surface area contributed by atoms with Gasteiger partial charge in [0, 0.05) is 12.1 Å². The fourth-order valence-electron chi connectivity index (χ4n) is 7.14. The largest absolute Gasteiger partial charge is 0.497 e. The summed E-state index contributed by atoms with van der Waals surface area (Å²) in [5.41, 5.74) is 1.82. The van der Waals surface area contributed by atoms with Gasteiger partial charge < -0.3 is 34.4 Å². The lowest BCUT2D eigenvalue weighted by atomic mass is 9.80. The number of benzene rings is 5. The van der Waals surface area contributed by atoms with Crippen LogP contribution in [0.5, 0.6) is 11.5 Å². The van der Waals surface area contributed by atoms with Crippen molar-refractivity contribution in [2.24, 2.45) is 0 Å². The first-order valence-electron chi connectivity index (χ1n) is 17.7. The number of aliphatic hydroxyl groups excluding tert-OH is 1. The molecule has 8 rings (SSSR count). The highest BCUT2D eigenvalue weighted by atomic mass is 16.6. The summed E-state index contributed by atoms with van der Waals surface area (Å²) in [6.07, 6.45) is -1.38. The van der Waals surface area contributed by atoms with Crippen molar-refractivity contribution in [1.29, 1.82) is 0 Å². The summed E-state index contributed by atoms with van der Waals surface area (Å²) in [6, 6.07) is 37.9. The Morgan fingerprint density at radius 1 is 0.836 bits per heavy atom. The van der Waals surface area contributed by atoms with Crippen LogP contribution >= 0.6 is 0 Å². The van der Waals surface area contributed by atoms with Crippen LogP contribution in [-0.4, -0.2) is 63.7 Å². The lowest BCUT2D eigenvalue weighted by molar-refractivity contribution is -0.0935. The maximum atomic E-state index is 13.5. The predicted octanol–water partition coefficient (Wildman–Crippen LogP) is 6.59. The number of anilines is 2. The number of aromatic nitrogens is 4. The first-order valence-corrected chi connectivity index (χ1v) is 17.7. The quantitative estimate of drug-likeness (QED) is 0.107. The Bertz CT molecular complexity index is 2460. The van der Waals surface area contributed by atoms with Gasteiger partial charge >= 0.3 is 11.7 Å². The summed E-state index contributed by atoms with van der Waals surface area (Å²) in [6.45, 7) is -0.0432. The second-order valence-electron chi connectivity index (χ2n) is 13.1. The Balaban J connectivity index is 1.06. The number of ether oxygens (including phenoxy) is 4. The minimum atomic E-state index is -1.14. The highest BCUT2D eigenvalue weighted by Crippen LogP contribution is 2.43. The number of rotatable bonds is 11. The maximum Gasteiger partial charge on any atom is 0.329 e. The van der Waals surface area contributed by atoms with E-state index in [9.17, 15) is 14.7 Å². The summed E-state index contributed by atoms with van der Waals surface area (Å²) in [5.74, 6) is 1.48. The lowest BCUT2D eigenvalue weighted by Crippen LogP contribution is -2.38. The van der Waals surface area contributed by atoms with Crippen LogP contribution in [0.4, 0.5) is 16.3 Å². The smallest absolute Gasteiger partial charge is 0.329 e. The Labute approximate surface area is 315 Å². The molecular weight excluding hydrogens is 700 g/mol. The zero-order valence-electron chi connectivity index (χ0n) is 30.0. The molecule has 3 heterocycles. The molecule has 1 aliphatic heterocycles. The Morgan fingerprint density at radius 3 is 2.15 bits per heavy atom. The number of imidazole rings is 1. The van der Waals surface area contributed by atoms with Crippen molar-refractivity contribution < 1.29 is 28.8 Å². The molecule has 2 aromatic heterocycles. The van der Waals surface area contributed by atoms with Gasteiger partial charge in [-0.25, -0.2) is 24.1 Å². The van der Waals surface area contributed by atoms with Crippen LogP contribution in [0.2, 0.25) is 0 Å². The number of fused-ring (bicyclic) bond motifs is 2. The predicted molar refractivity (Wildman–Crippen MR) is 208 cm³/mol. The van der Waals surface area contributed by atoms with E-state index in [2.05, 4.69) is 25.6 Å². The molecule has 0 bridgehead atoms. The molecule has 4 N–H and O–H groups in total. The van der Waals surface area contributed by atoms with E-state index in [4.69, 9.17) is 18.9 Å². The summed E-state index contributed by atoms with van der Waals surface area (Å²) in [7, 11) is 3.22. The summed E-state index contributed by atoms with van der Waals surface area (Å²) in [5, 5.41) is 18.9. The van der Waals surface area contributed by atoms with Crippen LogP contribution in [0.3, 0.4) is 0 Å². The van der Waals surface area contributed by atoms with E-state index in [0.29, 0.717) is 17.2 Å². The molecule has 0 unspecified atom stereocenters. The van der Waals surface area contributed by atoms with Gasteiger partial charge in [-0.15, -0.1) is 0 Å². The van der Waals surface area contributed by atoms with Crippen LogP contribution in [0, 0.1) is 0 Å². The van der Waals surface area contributed by atoms with Crippen molar-refractivity contribution in [3.05, 3.63) is 155 Å². The van der Waals surface area contributed by atoms with Crippen LogP contribution in [-0.2, 0) is 15.1 Å². The number of methoxy groups -OCH3 is 2. The summed E-state index contributed by atoms with van der Waals surface area (Å²) < 4.78 is 25.6. The standard InChI is InChI=1S/C42H38N6O7/c1-52-32-18-13-29(14-19-32)42(28-10-4-3-5-11-28,30-15-20-33(53-2)21-16-30)54-24-35-34(49)23-36(55-35)48-39-37(46-41(48)51)38(43-25-44-39)47-40(50)45-31-17-12-26-8-6-7-9-27(26)22-31/h3-22,25,34-36,49H,23-24H2,1-2H3,(H,46,51)(H2,43,44,45,47,50)/t34-,35+,36+/m0/s1. The number of H-pyrrole nitrogens is 1. The van der Waals surface area contributed by atoms with Crippen LogP contribution in [0.15, 0.2) is 132 Å². The zero-order valence-corrected chi connectivity index (χ0v) is 30.0. The first-order chi connectivity index (χ1) is 26.9. The molecule has 0 aliphatic carbocycles. The lowest BCUT2D eigenvalue weighted by Gasteiger charge is -2.37. The first kappa shape index (κ1) is 35.5. The third kappa shape index (κ3) is 6.87. The number of carbonyl (C=O) groups is 1. The third-order valence-electron chi connectivity index (χ3n) is 9.88. The SMILES string of the molecule is COc1ccc(C(OC[C@H]2O[C@@H](n3c(=O)[nH]c4c(NC(=O)Nc5ccc6ccccc6c5)ncnc43)C[C@@H]2O)(c2ccccc2)c2ccc(OC)cc2)cc1. The number of nitrogens with one attached hydrogen (secondary N) is 3. The van der Waals surface area contributed by atoms with E-state index in [-0.39, 0.29) is 30.0 Å². The average Bonchev–Trinajstić information content (AvgIpc) is 3.76. The fourth-order valence-corrected chi connectivity index (χ4v) is 7.14. The maximum absolute atomic E-state index is 13.5. The van der Waals surface area contributed by atoms with E-state index in [1.54, 1.807) is 20.3 Å². The molecule has 3 atom stereocenters. The molecule has 2 amide bonds.